The Balaban J connectivity index is 1.23. The number of carbonyl (C=O) groups excluding carboxylic acids is 1. The lowest BCUT2D eigenvalue weighted by Gasteiger charge is -2.37. The molecule has 0 fully saturated rings. The monoisotopic (exact) mass is 611 g/mol. The number of fused-ring (bicyclic) bond motifs is 4. The highest BCUT2D eigenvalue weighted by Crippen LogP contribution is 2.45. The second-order valence-electron chi connectivity index (χ2n) is 13.1. The molecule has 3 aromatic heterocycles. The largest absolute Gasteiger partial charge is 0.454 e. The van der Waals surface area contributed by atoms with Crippen LogP contribution in [0.25, 0.3) is 33.5 Å². The first kappa shape index (κ1) is 28.0. The first-order valence-electron chi connectivity index (χ1n) is 15.5. The summed E-state index contributed by atoms with van der Waals surface area (Å²) in [6.45, 7) is 7.04. The summed E-state index contributed by atoms with van der Waals surface area (Å²) in [4.78, 5) is 22.9. The van der Waals surface area contributed by atoms with Gasteiger partial charge in [-0.15, -0.1) is 10.2 Å². The summed E-state index contributed by atoms with van der Waals surface area (Å²) in [5.41, 5.74) is 8.16. The Kier molecular flexibility index (Phi) is 6.59. The fourth-order valence-electron chi connectivity index (χ4n) is 6.62. The summed E-state index contributed by atoms with van der Waals surface area (Å²) in [5, 5.41) is 19.4. The zero-order chi connectivity index (χ0) is 31.4. The maximum absolute atomic E-state index is 14.4. The van der Waals surface area contributed by atoms with E-state index >= 15 is 0 Å². The van der Waals surface area contributed by atoms with Crippen molar-refractivity contribution in [2.75, 3.05) is 12.1 Å². The van der Waals surface area contributed by atoms with E-state index in [-0.39, 0.29) is 18.1 Å². The smallest absolute Gasteiger partial charge is 0.256 e. The molecule has 10 heteroatoms. The average Bonchev–Trinajstić information content (AvgIpc) is 3.81. The number of nitrogens with one attached hydrogen (secondary N) is 3. The van der Waals surface area contributed by atoms with Gasteiger partial charge in [0, 0.05) is 34.6 Å². The van der Waals surface area contributed by atoms with Gasteiger partial charge in [-0.3, -0.25) is 4.79 Å². The lowest BCUT2D eigenvalue weighted by atomic mass is 9.69. The van der Waals surface area contributed by atoms with Crippen LogP contribution in [-0.2, 0) is 12.8 Å². The fourth-order valence-corrected chi connectivity index (χ4v) is 6.62. The first-order chi connectivity index (χ1) is 22.3. The molecule has 1 amide bonds. The van der Waals surface area contributed by atoms with Gasteiger partial charge in [-0.2, -0.15) is 5.21 Å². The molecule has 1 atom stereocenters. The van der Waals surface area contributed by atoms with Crippen LogP contribution in [0, 0.1) is 11.3 Å². The zero-order valence-corrected chi connectivity index (χ0v) is 25.8. The van der Waals surface area contributed by atoms with E-state index in [1.165, 1.54) is 0 Å². The van der Waals surface area contributed by atoms with E-state index in [0.29, 0.717) is 29.4 Å². The Labute approximate surface area is 265 Å². The third-order valence-corrected chi connectivity index (χ3v) is 9.17. The van der Waals surface area contributed by atoms with Crippen molar-refractivity contribution in [2.24, 2.45) is 11.3 Å². The Hall–Kier alpha value is -5.51. The lowest BCUT2D eigenvalue weighted by Crippen LogP contribution is -2.29. The van der Waals surface area contributed by atoms with Crippen molar-refractivity contribution in [3.63, 3.8) is 0 Å². The number of hydrogen-bond donors (Lipinski definition) is 3. The summed E-state index contributed by atoms with van der Waals surface area (Å²) < 4.78 is 11.2. The van der Waals surface area contributed by atoms with Crippen LogP contribution in [0.15, 0.2) is 66.9 Å². The number of carbonyl (C=O) groups is 1. The molecule has 230 valence electrons. The number of benzene rings is 3. The van der Waals surface area contributed by atoms with E-state index in [4.69, 9.17) is 14.5 Å². The van der Waals surface area contributed by atoms with Crippen molar-refractivity contribution in [1.82, 2.24) is 30.6 Å². The van der Waals surface area contributed by atoms with Gasteiger partial charge in [0.1, 0.15) is 0 Å². The van der Waals surface area contributed by atoms with E-state index in [1.54, 1.807) is 0 Å². The first-order valence-corrected chi connectivity index (χ1v) is 15.5. The molecule has 3 aromatic carbocycles. The molecule has 46 heavy (non-hydrogen) atoms. The van der Waals surface area contributed by atoms with Gasteiger partial charge in [0.2, 0.25) is 6.79 Å². The quantitative estimate of drug-likeness (QED) is 0.192. The molecule has 0 saturated heterocycles. The standard InChI is InChI=1S/C36H33N7O3/c1-36(2,3)23-14-21(12-20-8-11-30-31(13-20)46-19-45-30)34-27(16-23)33(25-6-4-5-7-29(25)39-34)35(44)38-24-9-10-28-26(17-24)22(18-37-28)15-32-40-42-43-41-32/h4-13,17-18,23,37H,14-16,19H2,1-3H3,(H,38,44)(H,40,41,42,43)/b21-12-. The number of amides is 1. The topological polar surface area (TPSA) is 131 Å². The summed E-state index contributed by atoms with van der Waals surface area (Å²) in [6, 6.07) is 19.8. The van der Waals surface area contributed by atoms with E-state index in [0.717, 1.165) is 74.1 Å². The van der Waals surface area contributed by atoms with Gasteiger partial charge in [-0.25, -0.2) is 4.98 Å². The zero-order valence-electron chi connectivity index (χ0n) is 25.8. The number of pyridine rings is 1. The molecule has 0 bridgehead atoms. The third kappa shape index (κ3) is 5.05. The summed E-state index contributed by atoms with van der Waals surface area (Å²) >= 11 is 0. The minimum atomic E-state index is -0.151. The van der Waals surface area contributed by atoms with Gasteiger partial charge in [0.15, 0.2) is 17.3 Å². The van der Waals surface area contributed by atoms with Crippen molar-refractivity contribution in [2.45, 2.75) is 40.0 Å². The number of para-hydroxylation sites is 1. The number of rotatable bonds is 5. The number of tetrazole rings is 1. The van der Waals surface area contributed by atoms with Crippen LogP contribution < -0.4 is 14.8 Å². The number of aromatic nitrogens is 6. The maximum Gasteiger partial charge on any atom is 0.256 e. The van der Waals surface area contributed by atoms with Gasteiger partial charge in [0.25, 0.3) is 5.91 Å². The highest BCUT2D eigenvalue weighted by molar-refractivity contribution is 6.15. The van der Waals surface area contributed by atoms with Crippen LogP contribution in [0.3, 0.4) is 0 Å². The van der Waals surface area contributed by atoms with Crippen LogP contribution in [-0.4, -0.2) is 43.3 Å². The minimum absolute atomic E-state index is 0.0134. The Morgan fingerprint density at radius 2 is 1.89 bits per heavy atom. The van der Waals surface area contributed by atoms with Crippen molar-refractivity contribution < 1.29 is 14.3 Å². The van der Waals surface area contributed by atoms with E-state index in [1.807, 2.05) is 66.9 Å². The minimum Gasteiger partial charge on any atom is -0.454 e. The molecule has 2 aliphatic rings. The van der Waals surface area contributed by atoms with Crippen molar-refractivity contribution in [3.05, 3.63) is 101 Å². The summed E-state index contributed by atoms with van der Waals surface area (Å²) in [6.07, 6.45) is 6.25. The lowest BCUT2D eigenvalue weighted by molar-refractivity contribution is 0.102. The third-order valence-electron chi connectivity index (χ3n) is 9.17. The Morgan fingerprint density at radius 3 is 2.74 bits per heavy atom. The SMILES string of the molecule is CC(C)(C)C1C/C(=C/c2ccc3c(c2)OCO3)c2nc3ccccc3c(C(=O)Nc3ccc4[nH]cc(Cc5nn[nH]n5)c4c3)c2C1. The van der Waals surface area contributed by atoms with Gasteiger partial charge < -0.3 is 19.8 Å². The number of anilines is 1. The Bertz CT molecular complexity index is 2160. The van der Waals surface area contributed by atoms with Gasteiger partial charge >= 0.3 is 0 Å². The molecule has 0 saturated carbocycles. The molecule has 1 unspecified atom stereocenters. The molecule has 4 heterocycles. The molecule has 0 spiro atoms. The van der Waals surface area contributed by atoms with Crippen LogP contribution >= 0.6 is 0 Å². The van der Waals surface area contributed by atoms with Crippen LogP contribution in [0.4, 0.5) is 5.69 Å². The summed E-state index contributed by atoms with van der Waals surface area (Å²) in [5.74, 6) is 2.24. The number of ether oxygens (including phenoxy) is 2. The van der Waals surface area contributed by atoms with E-state index in [2.05, 4.69) is 57.8 Å². The molecular weight excluding hydrogens is 578 g/mol. The summed E-state index contributed by atoms with van der Waals surface area (Å²) in [7, 11) is 0. The molecule has 3 N–H and O–H groups in total. The number of aromatic amines is 2. The normalized spacial score (nSPS) is 16.7. The highest BCUT2D eigenvalue weighted by Gasteiger charge is 2.35. The van der Waals surface area contributed by atoms with Crippen LogP contribution in [0.1, 0.15) is 65.8 Å². The average molecular weight is 612 g/mol. The molecule has 1 aliphatic carbocycles. The fraction of sp³-hybridized carbons (Fsp3) is 0.250. The molecule has 6 aromatic rings. The number of nitrogens with zero attached hydrogens (tertiary/aromatic N) is 4. The molecule has 1 aliphatic heterocycles. The van der Waals surface area contributed by atoms with Crippen LogP contribution in [0.2, 0.25) is 0 Å². The molecule has 0 radical (unpaired) electrons. The number of hydrogen-bond acceptors (Lipinski definition) is 7. The van der Waals surface area contributed by atoms with Crippen molar-refractivity contribution >= 4 is 45.0 Å². The highest BCUT2D eigenvalue weighted by atomic mass is 16.7. The van der Waals surface area contributed by atoms with Gasteiger partial charge in [-0.1, -0.05) is 50.3 Å². The number of allylic oxidation sites excluding steroid dienone is 1. The number of H-pyrrole nitrogens is 2. The van der Waals surface area contributed by atoms with Gasteiger partial charge in [0.05, 0.1) is 16.8 Å². The molecule has 10 nitrogen and oxygen atoms in total. The second-order valence-corrected chi connectivity index (χ2v) is 13.1. The molecule has 8 rings (SSSR count). The molecular formula is C36H33N7O3. The van der Waals surface area contributed by atoms with Crippen molar-refractivity contribution in [3.8, 4) is 11.5 Å². The predicted molar refractivity (Wildman–Crippen MR) is 177 cm³/mol. The van der Waals surface area contributed by atoms with E-state index in [9.17, 15) is 4.79 Å². The van der Waals surface area contributed by atoms with E-state index < -0.39 is 0 Å². The second kappa shape index (κ2) is 10.8. The maximum atomic E-state index is 14.4. The van der Waals surface area contributed by atoms with Crippen molar-refractivity contribution in [1.29, 1.82) is 0 Å². The van der Waals surface area contributed by atoms with Crippen LogP contribution in [0.5, 0.6) is 11.5 Å². The Morgan fingerprint density at radius 1 is 1.02 bits per heavy atom. The van der Waals surface area contributed by atoms with Gasteiger partial charge in [-0.05, 0) is 88.9 Å². The predicted octanol–water partition coefficient (Wildman–Crippen LogP) is 6.95.